The van der Waals surface area contributed by atoms with Gasteiger partial charge in [0, 0.05) is 16.3 Å². The van der Waals surface area contributed by atoms with Crippen molar-refractivity contribution in [3.63, 3.8) is 0 Å². The summed E-state index contributed by atoms with van der Waals surface area (Å²) < 4.78 is 13.7. The number of aromatic nitrogens is 2. The normalized spacial score (nSPS) is 11.8. The summed E-state index contributed by atoms with van der Waals surface area (Å²) in [5.74, 6) is -0.343. The lowest BCUT2D eigenvalue weighted by atomic mass is 10.1. The van der Waals surface area contributed by atoms with E-state index in [4.69, 9.17) is 17.3 Å². The predicted octanol–water partition coefficient (Wildman–Crippen LogP) is 3.19. The van der Waals surface area contributed by atoms with Gasteiger partial charge >= 0.3 is 0 Å². The van der Waals surface area contributed by atoms with Crippen molar-refractivity contribution in [1.82, 2.24) is 9.97 Å². The zero-order valence-corrected chi connectivity index (χ0v) is 11.9. The Labute approximate surface area is 129 Å². The van der Waals surface area contributed by atoms with Crippen LogP contribution in [-0.2, 0) is 0 Å². The second-order valence-corrected chi connectivity index (χ2v) is 4.96. The molecular weight excluding hydrogens is 309 g/mol. The van der Waals surface area contributed by atoms with Crippen molar-refractivity contribution in [3.8, 4) is 0 Å². The predicted molar refractivity (Wildman–Crippen MR) is 83.9 cm³/mol. The summed E-state index contributed by atoms with van der Waals surface area (Å²) in [5, 5.41) is 15.9. The van der Waals surface area contributed by atoms with Gasteiger partial charge in [-0.05, 0) is 30.3 Å². The van der Waals surface area contributed by atoms with E-state index in [1.165, 1.54) is 12.1 Å². The number of nitrogen functional groups attached to an aromatic ring is 1. The van der Waals surface area contributed by atoms with Gasteiger partial charge in [-0.25, -0.2) is 9.37 Å². The summed E-state index contributed by atoms with van der Waals surface area (Å²) in [6.07, 6.45) is 0. The van der Waals surface area contributed by atoms with E-state index in [9.17, 15) is 9.60 Å². The maximum Gasteiger partial charge on any atom is 0.198 e. The number of H-pyrrole nitrogens is 1. The van der Waals surface area contributed by atoms with Crippen LogP contribution in [0, 0.1) is 5.82 Å². The summed E-state index contributed by atoms with van der Waals surface area (Å²) in [6.45, 7) is 0. The number of amidine groups is 1. The molecule has 0 saturated carbocycles. The molecule has 0 amide bonds. The smallest absolute Gasteiger partial charge is 0.198 e. The van der Waals surface area contributed by atoms with Crippen molar-refractivity contribution >= 4 is 40.1 Å². The number of aromatic amines is 1. The first-order valence-electron chi connectivity index (χ1n) is 6.27. The molecule has 3 rings (SSSR count). The molecule has 0 fully saturated rings. The lowest BCUT2D eigenvalue weighted by Gasteiger charge is -2.09. The summed E-state index contributed by atoms with van der Waals surface area (Å²) in [5.41, 5.74) is 7.01. The van der Waals surface area contributed by atoms with Gasteiger partial charge in [-0.2, -0.15) is 0 Å². The Hall–Kier alpha value is -2.80. The van der Waals surface area contributed by atoms with Crippen molar-refractivity contribution in [2.24, 2.45) is 5.16 Å². The lowest BCUT2D eigenvalue weighted by Crippen LogP contribution is -2.14. The fraction of sp³-hybridized carbons (Fsp3) is 0. The van der Waals surface area contributed by atoms with E-state index in [-0.39, 0.29) is 17.3 Å². The van der Waals surface area contributed by atoms with Crippen LogP contribution >= 0.6 is 11.6 Å². The fourth-order valence-corrected chi connectivity index (χ4v) is 2.31. The third-order valence-corrected chi connectivity index (χ3v) is 3.29. The number of hydrogen-bond acceptors (Lipinski definition) is 4. The summed E-state index contributed by atoms with van der Waals surface area (Å²) in [6, 6.07) is 9.56. The fourth-order valence-electron chi connectivity index (χ4n) is 2.12. The highest BCUT2D eigenvalue weighted by Gasteiger charge is 2.15. The van der Waals surface area contributed by atoms with Gasteiger partial charge in [0.25, 0.3) is 0 Å². The number of benzene rings is 2. The zero-order chi connectivity index (χ0) is 15.7. The van der Waals surface area contributed by atoms with E-state index in [1.807, 2.05) is 0 Å². The second kappa shape index (κ2) is 5.53. The molecule has 8 heteroatoms. The highest BCUT2D eigenvalue weighted by Crippen LogP contribution is 2.23. The van der Waals surface area contributed by atoms with Crippen molar-refractivity contribution in [3.05, 3.63) is 52.8 Å². The third-order valence-electron chi connectivity index (χ3n) is 3.06. The van der Waals surface area contributed by atoms with E-state index in [1.54, 1.807) is 24.3 Å². The number of oxime groups is 1. The molecule has 0 saturated heterocycles. The Morgan fingerprint density at radius 2 is 2.18 bits per heavy atom. The molecule has 1 aromatic heterocycles. The minimum atomic E-state index is -0.522. The van der Waals surface area contributed by atoms with E-state index < -0.39 is 5.82 Å². The molecule has 0 unspecified atom stereocenters. The summed E-state index contributed by atoms with van der Waals surface area (Å²) in [4.78, 5) is 6.62. The Morgan fingerprint density at radius 3 is 2.91 bits per heavy atom. The number of halogens is 2. The Bertz CT molecular complexity index is 877. The number of nitrogens with zero attached hydrogens (tertiary/aromatic N) is 2. The number of rotatable bonds is 2. The van der Waals surface area contributed by atoms with Crippen molar-refractivity contribution < 1.29 is 9.60 Å². The molecule has 0 spiro atoms. The van der Waals surface area contributed by atoms with Crippen LogP contribution in [0.4, 0.5) is 16.0 Å². The van der Waals surface area contributed by atoms with Crippen molar-refractivity contribution in [2.75, 3.05) is 11.1 Å². The number of nitrogens with one attached hydrogen (secondary N) is 2. The van der Waals surface area contributed by atoms with Gasteiger partial charge in [0.15, 0.2) is 17.6 Å². The maximum atomic E-state index is 13.7. The average Bonchev–Trinajstić information content (AvgIpc) is 2.88. The van der Waals surface area contributed by atoms with Crippen LogP contribution in [0.5, 0.6) is 0 Å². The standard InChI is InChI=1S/C14H11ClFN5O/c15-7-2-1-3-8(6-7)18-13(21-22)9-4-5-10(16)12-11(9)19-14(17)20-12/h1-6,22H,(H,18,21)(H3,17,19,20). The van der Waals surface area contributed by atoms with Crippen LogP contribution in [0.1, 0.15) is 5.56 Å². The number of fused-ring (bicyclic) bond motifs is 1. The maximum absolute atomic E-state index is 13.7. The van der Waals surface area contributed by atoms with E-state index in [0.717, 1.165) is 0 Å². The molecule has 1 heterocycles. The van der Waals surface area contributed by atoms with Gasteiger partial charge in [0.1, 0.15) is 5.52 Å². The van der Waals surface area contributed by atoms with Crippen molar-refractivity contribution in [2.45, 2.75) is 0 Å². The molecule has 22 heavy (non-hydrogen) atoms. The molecule has 5 N–H and O–H groups in total. The Morgan fingerprint density at radius 1 is 1.36 bits per heavy atom. The lowest BCUT2D eigenvalue weighted by molar-refractivity contribution is 0.319. The Balaban J connectivity index is 2.06. The van der Waals surface area contributed by atoms with Crippen LogP contribution in [-0.4, -0.2) is 21.0 Å². The highest BCUT2D eigenvalue weighted by atomic mass is 35.5. The summed E-state index contributed by atoms with van der Waals surface area (Å²) in [7, 11) is 0. The van der Waals surface area contributed by atoms with Gasteiger partial charge in [-0.15, -0.1) is 0 Å². The van der Waals surface area contributed by atoms with Crippen LogP contribution in [0.2, 0.25) is 5.02 Å². The quantitative estimate of drug-likeness (QED) is 0.252. The monoisotopic (exact) mass is 319 g/mol. The average molecular weight is 320 g/mol. The number of anilines is 2. The van der Waals surface area contributed by atoms with E-state index >= 15 is 0 Å². The van der Waals surface area contributed by atoms with Gasteiger partial charge in [-0.1, -0.05) is 22.8 Å². The molecule has 0 aliphatic heterocycles. The minimum Gasteiger partial charge on any atom is -0.409 e. The van der Waals surface area contributed by atoms with Gasteiger partial charge in [-0.3, -0.25) is 0 Å². The van der Waals surface area contributed by atoms with Gasteiger partial charge in [0.2, 0.25) is 0 Å². The first kappa shape index (κ1) is 14.2. The molecule has 0 aliphatic rings. The number of imidazole rings is 1. The van der Waals surface area contributed by atoms with Crippen LogP contribution < -0.4 is 11.1 Å². The van der Waals surface area contributed by atoms with Crippen LogP contribution in [0.25, 0.3) is 11.0 Å². The molecule has 6 nitrogen and oxygen atoms in total. The first-order chi connectivity index (χ1) is 10.6. The van der Waals surface area contributed by atoms with E-state index in [0.29, 0.717) is 21.8 Å². The molecule has 0 aliphatic carbocycles. The van der Waals surface area contributed by atoms with Gasteiger partial charge < -0.3 is 21.2 Å². The highest BCUT2D eigenvalue weighted by molar-refractivity contribution is 6.31. The molecule has 3 aromatic rings. The topological polar surface area (TPSA) is 99.3 Å². The molecule has 0 radical (unpaired) electrons. The molecule has 0 bridgehead atoms. The van der Waals surface area contributed by atoms with Gasteiger partial charge in [0.05, 0.1) is 5.52 Å². The summed E-state index contributed by atoms with van der Waals surface area (Å²) >= 11 is 5.91. The molecule has 2 aromatic carbocycles. The third kappa shape index (κ3) is 2.53. The van der Waals surface area contributed by atoms with E-state index in [2.05, 4.69) is 20.4 Å². The number of hydrogen-bond donors (Lipinski definition) is 4. The molecule has 0 atom stereocenters. The SMILES string of the molecule is Nc1nc2c(F)ccc(/C(=N/O)Nc3cccc(Cl)c3)c2[nH]1. The zero-order valence-electron chi connectivity index (χ0n) is 11.1. The molecule has 112 valence electrons. The van der Waals surface area contributed by atoms with Crippen molar-refractivity contribution in [1.29, 1.82) is 0 Å². The van der Waals surface area contributed by atoms with Crippen LogP contribution in [0.3, 0.4) is 0 Å². The van der Waals surface area contributed by atoms with Crippen LogP contribution in [0.15, 0.2) is 41.6 Å². The second-order valence-electron chi connectivity index (χ2n) is 4.52. The number of nitrogens with two attached hydrogens (primary N) is 1. The largest absolute Gasteiger partial charge is 0.409 e. The molecular formula is C14H11ClFN5O. The minimum absolute atomic E-state index is 0.0707. The first-order valence-corrected chi connectivity index (χ1v) is 6.65. The Kier molecular flexibility index (Phi) is 3.56.